The number of rotatable bonds is 6. The van der Waals surface area contributed by atoms with Crippen molar-refractivity contribution in [2.75, 3.05) is 26.0 Å². The van der Waals surface area contributed by atoms with Crippen LogP contribution in [0.15, 0.2) is 42.7 Å². The average Bonchev–Trinajstić information content (AvgIpc) is 3.11. The van der Waals surface area contributed by atoms with Gasteiger partial charge >= 0.3 is 0 Å². The molecule has 0 bridgehead atoms. The molecule has 0 spiro atoms. The number of pyridine rings is 1. The van der Waals surface area contributed by atoms with Crippen molar-refractivity contribution in [3.8, 4) is 5.75 Å². The highest BCUT2D eigenvalue weighted by molar-refractivity contribution is 5.92. The van der Waals surface area contributed by atoms with Gasteiger partial charge in [-0.05, 0) is 42.3 Å². The molecule has 8 nitrogen and oxygen atoms in total. The van der Waals surface area contributed by atoms with E-state index in [1.54, 1.807) is 31.4 Å². The summed E-state index contributed by atoms with van der Waals surface area (Å²) < 4.78 is 12.0. The van der Waals surface area contributed by atoms with Gasteiger partial charge in [0.1, 0.15) is 18.0 Å². The Morgan fingerprint density at radius 3 is 2.71 bits per heavy atom. The number of fused-ring (bicyclic) bond motifs is 3. The quantitative estimate of drug-likeness (QED) is 0.731. The van der Waals surface area contributed by atoms with Crippen molar-refractivity contribution in [3.63, 3.8) is 0 Å². The van der Waals surface area contributed by atoms with E-state index in [9.17, 15) is 14.7 Å². The van der Waals surface area contributed by atoms with Gasteiger partial charge in [-0.25, -0.2) is 0 Å². The van der Waals surface area contributed by atoms with E-state index in [1.165, 1.54) is 0 Å². The van der Waals surface area contributed by atoms with Gasteiger partial charge in [-0.1, -0.05) is 0 Å². The molecule has 2 aromatic rings. The number of nitrogens with zero attached hydrogens (tertiary/aromatic N) is 2. The number of anilines is 1. The summed E-state index contributed by atoms with van der Waals surface area (Å²) in [6.07, 6.45) is 3.34. The van der Waals surface area contributed by atoms with Crippen molar-refractivity contribution in [2.45, 2.75) is 43.5 Å². The normalized spacial score (nSPS) is 24.0. The Hall–Kier alpha value is -2.97. The van der Waals surface area contributed by atoms with E-state index in [2.05, 4.69) is 10.3 Å². The number of aromatic nitrogens is 1. The average molecular weight is 425 g/mol. The molecule has 2 amide bonds. The van der Waals surface area contributed by atoms with Crippen molar-refractivity contribution in [3.05, 3.63) is 53.9 Å². The standard InChI is InChI=1S/C23H27N3O5/c1-26(2)22(29)12-16-11-18-17-10-15(25-21(28)9-14-5-7-24-8-6-14)3-4-19(17)31-23(18)20(13-27)30-16/h3-8,10,16,18,20,23,27H,9,11-13H2,1-2H3,(H,25,28)/t16-,18+,20-,23-/m0/s1. The maximum Gasteiger partial charge on any atom is 0.228 e. The van der Waals surface area contributed by atoms with Crippen molar-refractivity contribution in [1.29, 1.82) is 0 Å². The highest BCUT2D eigenvalue weighted by Crippen LogP contribution is 2.47. The van der Waals surface area contributed by atoms with E-state index in [0.717, 1.165) is 16.9 Å². The number of hydrogen-bond donors (Lipinski definition) is 2. The summed E-state index contributed by atoms with van der Waals surface area (Å²) in [5, 5.41) is 12.8. The first-order valence-corrected chi connectivity index (χ1v) is 10.4. The topological polar surface area (TPSA) is 101 Å². The molecule has 2 aliphatic heterocycles. The summed E-state index contributed by atoms with van der Waals surface area (Å²) in [5.41, 5.74) is 2.55. The molecule has 1 aromatic carbocycles. The predicted octanol–water partition coefficient (Wildman–Crippen LogP) is 1.74. The SMILES string of the molecule is CN(C)C(=O)C[C@@H]1C[C@@H]2c3cc(NC(=O)Cc4ccncc4)ccc3O[C@@H]2[C@H](CO)O1. The van der Waals surface area contributed by atoms with Crippen LogP contribution >= 0.6 is 0 Å². The van der Waals surface area contributed by atoms with Crippen LogP contribution in [0, 0.1) is 0 Å². The van der Waals surface area contributed by atoms with Crippen molar-refractivity contribution in [1.82, 2.24) is 9.88 Å². The fraction of sp³-hybridized carbons (Fsp3) is 0.435. The first-order valence-electron chi connectivity index (χ1n) is 10.4. The zero-order valence-corrected chi connectivity index (χ0v) is 17.7. The van der Waals surface area contributed by atoms with Crippen LogP contribution in [-0.4, -0.2) is 65.8 Å². The van der Waals surface area contributed by atoms with Gasteiger partial charge in [0.25, 0.3) is 0 Å². The van der Waals surface area contributed by atoms with Crippen LogP contribution in [0.5, 0.6) is 5.75 Å². The Kier molecular flexibility index (Phi) is 6.20. The van der Waals surface area contributed by atoms with Gasteiger partial charge in [0, 0.05) is 43.7 Å². The van der Waals surface area contributed by atoms with Gasteiger partial charge in [-0.15, -0.1) is 0 Å². The number of ether oxygens (including phenoxy) is 2. The fourth-order valence-corrected chi connectivity index (χ4v) is 4.24. The number of hydrogen-bond acceptors (Lipinski definition) is 6. The molecule has 31 heavy (non-hydrogen) atoms. The molecule has 1 aromatic heterocycles. The van der Waals surface area contributed by atoms with E-state index in [4.69, 9.17) is 9.47 Å². The number of aliphatic hydroxyl groups excluding tert-OH is 1. The highest BCUT2D eigenvalue weighted by Gasteiger charge is 2.46. The molecule has 0 unspecified atom stereocenters. The highest BCUT2D eigenvalue weighted by atomic mass is 16.6. The molecular weight excluding hydrogens is 398 g/mol. The third kappa shape index (κ3) is 4.70. The van der Waals surface area contributed by atoms with Crippen molar-refractivity contribution < 1.29 is 24.2 Å². The smallest absolute Gasteiger partial charge is 0.228 e. The molecule has 164 valence electrons. The Morgan fingerprint density at radius 1 is 1.23 bits per heavy atom. The van der Waals surface area contributed by atoms with Crippen molar-refractivity contribution >= 4 is 17.5 Å². The second kappa shape index (κ2) is 9.03. The number of benzene rings is 1. The first-order chi connectivity index (χ1) is 14.9. The van der Waals surface area contributed by atoms with Gasteiger partial charge in [0.15, 0.2) is 0 Å². The fourth-order valence-electron chi connectivity index (χ4n) is 4.24. The van der Waals surface area contributed by atoms with Crippen LogP contribution in [0.2, 0.25) is 0 Å². The number of nitrogens with one attached hydrogen (secondary N) is 1. The van der Waals surface area contributed by atoms with Crippen LogP contribution in [0.25, 0.3) is 0 Å². The first kappa shape index (κ1) is 21.3. The van der Waals surface area contributed by atoms with Crippen LogP contribution in [-0.2, 0) is 20.7 Å². The van der Waals surface area contributed by atoms with Gasteiger partial charge in [0.05, 0.1) is 25.6 Å². The summed E-state index contributed by atoms with van der Waals surface area (Å²) in [4.78, 5) is 30.1. The second-order valence-electron chi connectivity index (χ2n) is 8.23. The maximum absolute atomic E-state index is 12.4. The lowest BCUT2D eigenvalue weighted by atomic mass is 9.84. The Morgan fingerprint density at radius 2 is 2.00 bits per heavy atom. The van der Waals surface area contributed by atoms with E-state index in [-0.39, 0.29) is 49.4 Å². The summed E-state index contributed by atoms with van der Waals surface area (Å²) in [7, 11) is 3.43. The summed E-state index contributed by atoms with van der Waals surface area (Å²) in [5.74, 6) is 0.578. The molecule has 4 atom stereocenters. The molecule has 2 N–H and O–H groups in total. The summed E-state index contributed by atoms with van der Waals surface area (Å²) >= 11 is 0. The Labute approximate surface area is 181 Å². The molecule has 8 heteroatoms. The predicted molar refractivity (Wildman–Crippen MR) is 114 cm³/mol. The zero-order chi connectivity index (χ0) is 22.0. The molecule has 1 saturated heterocycles. The molecule has 1 fully saturated rings. The van der Waals surface area contributed by atoms with E-state index >= 15 is 0 Å². The minimum atomic E-state index is -0.504. The minimum Gasteiger partial charge on any atom is -0.487 e. The molecule has 0 radical (unpaired) electrons. The molecule has 4 rings (SSSR count). The molecular formula is C23H27N3O5. The van der Waals surface area contributed by atoms with Crippen LogP contribution in [0.3, 0.4) is 0 Å². The lowest BCUT2D eigenvalue weighted by Crippen LogP contribution is -2.47. The monoisotopic (exact) mass is 425 g/mol. The maximum atomic E-state index is 12.4. The lowest BCUT2D eigenvalue weighted by Gasteiger charge is -2.37. The summed E-state index contributed by atoms with van der Waals surface area (Å²) in [6.45, 7) is -0.183. The Balaban J connectivity index is 1.49. The van der Waals surface area contributed by atoms with Gasteiger partial charge in [-0.3, -0.25) is 14.6 Å². The number of carbonyl (C=O) groups is 2. The number of aliphatic hydroxyl groups is 1. The third-order valence-electron chi connectivity index (χ3n) is 5.80. The van der Waals surface area contributed by atoms with Gasteiger partial charge in [0.2, 0.25) is 11.8 Å². The summed E-state index contributed by atoms with van der Waals surface area (Å²) in [6, 6.07) is 9.20. The van der Waals surface area contributed by atoms with Gasteiger partial charge < -0.3 is 24.8 Å². The Bertz CT molecular complexity index is 949. The largest absolute Gasteiger partial charge is 0.487 e. The number of amides is 2. The van der Waals surface area contributed by atoms with Crippen LogP contribution in [0.1, 0.15) is 29.9 Å². The zero-order valence-electron chi connectivity index (χ0n) is 17.7. The minimum absolute atomic E-state index is 0.0158. The van der Waals surface area contributed by atoms with Crippen molar-refractivity contribution in [2.24, 2.45) is 0 Å². The van der Waals surface area contributed by atoms with Crippen LogP contribution < -0.4 is 10.1 Å². The second-order valence-corrected chi connectivity index (χ2v) is 8.23. The molecule has 0 saturated carbocycles. The van der Waals surface area contributed by atoms with E-state index in [0.29, 0.717) is 12.1 Å². The molecule has 2 aliphatic rings. The number of carbonyl (C=O) groups excluding carboxylic acids is 2. The van der Waals surface area contributed by atoms with Gasteiger partial charge in [-0.2, -0.15) is 0 Å². The van der Waals surface area contributed by atoms with E-state index < -0.39 is 6.10 Å². The molecule has 0 aliphatic carbocycles. The molecule has 3 heterocycles. The van der Waals surface area contributed by atoms with Crippen LogP contribution in [0.4, 0.5) is 5.69 Å². The lowest BCUT2D eigenvalue weighted by molar-refractivity contribution is -0.147. The van der Waals surface area contributed by atoms with E-state index in [1.807, 2.05) is 30.3 Å². The third-order valence-corrected chi connectivity index (χ3v) is 5.80.